The van der Waals surface area contributed by atoms with Gasteiger partial charge in [0.25, 0.3) is 0 Å². The molecule has 0 spiro atoms. The molecular formula is C17H27NO4. The Morgan fingerprint density at radius 1 is 1.18 bits per heavy atom. The number of rotatable bonds is 8. The Bertz CT molecular complexity index is 423. The molecule has 0 aromatic carbocycles. The van der Waals surface area contributed by atoms with Gasteiger partial charge in [-0.1, -0.05) is 26.2 Å². The lowest BCUT2D eigenvalue weighted by molar-refractivity contribution is -0.169. The number of esters is 2. The molecule has 0 aliphatic heterocycles. The van der Waals surface area contributed by atoms with E-state index in [4.69, 9.17) is 9.47 Å². The Labute approximate surface area is 133 Å². The third kappa shape index (κ3) is 3.60. The molecule has 1 aliphatic carbocycles. The maximum atomic E-state index is 12.7. The van der Waals surface area contributed by atoms with Gasteiger partial charge in [-0.05, 0) is 39.0 Å². The molecule has 0 N–H and O–H groups in total. The van der Waals surface area contributed by atoms with Crippen molar-refractivity contribution in [2.75, 3.05) is 13.2 Å². The minimum Gasteiger partial charge on any atom is -0.466 e. The fourth-order valence-corrected chi connectivity index (χ4v) is 3.50. The summed E-state index contributed by atoms with van der Waals surface area (Å²) < 4.78 is 10.4. The molecular weight excluding hydrogens is 282 g/mol. The molecule has 1 saturated carbocycles. The van der Waals surface area contributed by atoms with E-state index in [1.807, 2.05) is 6.92 Å². The van der Waals surface area contributed by atoms with Crippen LogP contribution in [0.2, 0.25) is 0 Å². The van der Waals surface area contributed by atoms with Crippen molar-refractivity contribution in [3.05, 3.63) is 0 Å². The van der Waals surface area contributed by atoms with Crippen LogP contribution in [0.5, 0.6) is 0 Å². The van der Waals surface area contributed by atoms with Gasteiger partial charge in [0.1, 0.15) is 0 Å². The van der Waals surface area contributed by atoms with E-state index in [2.05, 4.69) is 6.07 Å². The lowest BCUT2D eigenvalue weighted by Gasteiger charge is -2.36. The predicted molar refractivity (Wildman–Crippen MR) is 81.7 cm³/mol. The molecule has 124 valence electrons. The summed E-state index contributed by atoms with van der Waals surface area (Å²) in [4.78, 5) is 25.1. The number of carbonyl (C=O) groups is 2. The molecule has 0 radical (unpaired) electrons. The Morgan fingerprint density at radius 2 is 1.77 bits per heavy atom. The zero-order chi connectivity index (χ0) is 16.6. The number of ether oxygens (including phenoxy) is 2. The molecule has 1 fully saturated rings. The van der Waals surface area contributed by atoms with Crippen LogP contribution in [-0.2, 0) is 19.1 Å². The number of nitrogens with zero attached hydrogens (tertiary/aromatic N) is 1. The quantitative estimate of drug-likeness (QED) is 0.643. The minimum absolute atomic E-state index is 0.127. The molecule has 5 nitrogen and oxygen atoms in total. The van der Waals surface area contributed by atoms with Crippen LogP contribution in [0.25, 0.3) is 0 Å². The molecule has 0 aromatic heterocycles. The summed E-state index contributed by atoms with van der Waals surface area (Å²) in [6.07, 6.45) is 4.70. The van der Waals surface area contributed by atoms with E-state index < -0.39 is 23.3 Å². The van der Waals surface area contributed by atoms with Crippen molar-refractivity contribution in [2.45, 2.75) is 59.3 Å². The predicted octanol–water partition coefficient (Wildman–Crippen LogP) is 3.23. The number of carbonyl (C=O) groups excluding carboxylic acids is 2. The standard InChI is InChI=1S/C17H27NO4/c1-4-9-14(15(19)21-5-2)17(12-18,16(20)22-6-3)13-10-7-8-11-13/h13-14H,4-11H2,1-3H3. The second kappa shape index (κ2) is 8.77. The zero-order valence-electron chi connectivity index (χ0n) is 13.9. The van der Waals surface area contributed by atoms with Crippen molar-refractivity contribution in [2.24, 2.45) is 17.3 Å². The first-order chi connectivity index (χ1) is 10.6. The summed E-state index contributed by atoms with van der Waals surface area (Å²) in [7, 11) is 0. The SMILES string of the molecule is CCCC(C(=O)OCC)C(C#N)(C(=O)OCC)C1CCCC1. The molecule has 1 aliphatic rings. The van der Waals surface area contributed by atoms with Gasteiger partial charge in [-0.3, -0.25) is 9.59 Å². The fraction of sp³-hybridized carbons (Fsp3) is 0.824. The smallest absolute Gasteiger partial charge is 0.327 e. The molecule has 2 atom stereocenters. The molecule has 22 heavy (non-hydrogen) atoms. The first kappa shape index (κ1) is 18.5. The number of hydrogen-bond acceptors (Lipinski definition) is 5. The number of nitriles is 1. The van der Waals surface area contributed by atoms with Gasteiger partial charge >= 0.3 is 11.9 Å². The lowest BCUT2D eigenvalue weighted by atomic mass is 9.65. The third-order valence-corrected chi connectivity index (χ3v) is 4.50. The third-order valence-electron chi connectivity index (χ3n) is 4.50. The van der Waals surface area contributed by atoms with Gasteiger partial charge in [-0.15, -0.1) is 0 Å². The minimum atomic E-state index is -1.41. The highest BCUT2D eigenvalue weighted by Crippen LogP contribution is 2.47. The van der Waals surface area contributed by atoms with E-state index >= 15 is 0 Å². The van der Waals surface area contributed by atoms with E-state index in [1.54, 1.807) is 13.8 Å². The van der Waals surface area contributed by atoms with E-state index in [0.717, 1.165) is 25.7 Å². The molecule has 5 heteroatoms. The summed E-state index contributed by atoms with van der Waals surface area (Å²) in [6, 6.07) is 2.19. The molecule has 0 saturated heterocycles. The van der Waals surface area contributed by atoms with Crippen molar-refractivity contribution >= 4 is 11.9 Å². The topological polar surface area (TPSA) is 76.4 Å². The normalized spacial score (nSPS) is 19.0. The lowest BCUT2D eigenvalue weighted by Crippen LogP contribution is -2.48. The second-order valence-corrected chi connectivity index (χ2v) is 5.78. The Morgan fingerprint density at radius 3 is 2.23 bits per heavy atom. The van der Waals surface area contributed by atoms with Crippen molar-refractivity contribution < 1.29 is 19.1 Å². The van der Waals surface area contributed by atoms with E-state index in [9.17, 15) is 14.9 Å². The van der Waals surface area contributed by atoms with Gasteiger partial charge in [0.05, 0.1) is 25.2 Å². The van der Waals surface area contributed by atoms with Gasteiger partial charge in [0, 0.05) is 0 Å². The van der Waals surface area contributed by atoms with Gasteiger partial charge in [0.2, 0.25) is 0 Å². The van der Waals surface area contributed by atoms with Crippen LogP contribution in [0.15, 0.2) is 0 Å². The first-order valence-corrected chi connectivity index (χ1v) is 8.33. The molecule has 2 unspecified atom stereocenters. The maximum Gasteiger partial charge on any atom is 0.327 e. The van der Waals surface area contributed by atoms with E-state index in [0.29, 0.717) is 12.8 Å². The summed E-state index contributed by atoms with van der Waals surface area (Å²) in [5, 5.41) is 9.89. The van der Waals surface area contributed by atoms with Crippen molar-refractivity contribution in [3.8, 4) is 6.07 Å². The molecule has 0 amide bonds. The van der Waals surface area contributed by atoms with Crippen LogP contribution in [0.3, 0.4) is 0 Å². The van der Waals surface area contributed by atoms with Crippen LogP contribution < -0.4 is 0 Å². The molecule has 0 bridgehead atoms. The summed E-state index contributed by atoms with van der Waals surface area (Å²) >= 11 is 0. The van der Waals surface area contributed by atoms with E-state index in [1.165, 1.54) is 0 Å². The summed E-state index contributed by atoms with van der Waals surface area (Å²) in [5.74, 6) is -1.89. The molecule has 0 heterocycles. The average Bonchev–Trinajstić information content (AvgIpc) is 3.02. The zero-order valence-corrected chi connectivity index (χ0v) is 13.9. The van der Waals surface area contributed by atoms with Gasteiger partial charge in [0.15, 0.2) is 5.41 Å². The fourth-order valence-electron chi connectivity index (χ4n) is 3.50. The largest absolute Gasteiger partial charge is 0.466 e. The van der Waals surface area contributed by atoms with Crippen LogP contribution in [0.4, 0.5) is 0 Å². The summed E-state index contributed by atoms with van der Waals surface area (Å²) in [5.41, 5.74) is -1.41. The van der Waals surface area contributed by atoms with Crippen LogP contribution >= 0.6 is 0 Å². The Kier molecular flexibility index (Phi) is 7.37. The highest BCUT2D eigenvalue weighted by Gasteiger charge is 2.56. The van der Waals surface area contributed by atoms with Crippen LogP contribution in [-0.4, -0.2) is 25.2 Å². The summed E-state index contributed by atoms with van der Waals surface area (Å²) in [6.45, 7) is 5.83. The van der Waals surface area contributed by atoms with Crippen molar-refractivity contribution in [1.29, 1.82) is 5.26 Å². The van der Waals surface area contributed by atoms with Crippen molar-refractivity contribution in [1.82, 2.24) is 0 Å². The van der Waals surface area contributed by atoms with Crippen molar-refractivity contribution in [3.63, 3.8) is 0 Å². The van der Waals surface area contributed by atoms with Crippen LogP contribution in [0.1, 0.15) is 59.3 Å². The monoisotopic (exact) mass is 309 g/mol. The highest BCUT2D eigenvalue weighted by molar-refractivity contribution is 5.88. The van der Waals surface area contributed by atoms with Crippen LogP contribution in [0, 0.1) is 28.6 Å². The van der Waals surface area contributed by atoms with Gasteiger partial charge in [-0.25, -0.2) is 0 Å². The number of hydrogen-bond donors (Lipinski definition) is 0. The van der Waals surface area contributed by atoms with Gasteiger partial charge < -0.3 is 9.47 Å². The van der Waals surface area contributed by atoms with Gasteiger partial charge in [-0.2, -0.15) is 5.26 Å². The second-order valence-electron chi connectivity index (χ2n) is 5.78. The van der Waals surface area contributed by atoms with E-state index in [-0.39, 0.29) is 19.1 Å². The Balaban J connectivity index is 3.27. The average molecular weight is 309 g/mol. The molecule has 1 rings (SSSR count). The highest BCUT2D eigenvalue weighted by atomic mass is 16.5. The molecule has 0 aromatic rings. The first-order valence-electron chi connectivity index (χ1n) is 8.33. The Hall–Kier alpha value is -1.57. The maximum absolute atomic E-state index is 12.7.